The maximum Gasteiger partial charge on any atom is 0.293 e. The van der Waals surface area contributed by atoms with Crippen LogP contribution in [0.2, 0.25) is 5.02 Å². The number of amides is 2. The van der Waals surface area contributed by atoms with Gasteiger partial charge in [-0.15, -0.1) is 0 Å². The van der Waals surface area contributed by atoms with Crippen LogP contribution in [0.4, 0.5) is 4.79 Å². The topological polar surface area (TPSA) is 55.8 Å². The predicted molar refractivity (Wildman–Crippen MR) is 117 cm³/mol. The summed E-state index contributed by atoms with van der Waals surface area (Å²) in [7, 11) is 1.53. The molecular formula is C22H22ClNO4S. The second kappa shape index (κ2) is 9.85. The van der Waals surface area contributed by atoms with Gasteiger partial charge in [-0.3, -0.25) is 14.5 Å². The van der Waals surface area contributed by atoms with Crippen molar-refractivity contribution in [1.29, 1.82) is 0 Å². The molecule has 0 saturated carbocycles. The van der Waals surface area contributed by atoms with Gasteiger partial charge in [-0.25, -0.2) is 0 Å². The summed E-state index contributed by atoms with van der Waals surface area (Å²) in [5.74, 6) is 0.660. The summed E-state index contributed by atoms with van der Waals surface area (Å²) in [4.78, 5) is 26.7. The van der Waals surface area contributed by atoms with Crippen LogP contribution in [0.1, 0.15) is 24.5 Å². The second-order valence-electron chi connectivity index (χ2n) is 6.39. The van der Waals surface area contributed by atoms with Crippen molar-refractivity contribution in [2.45, 2.75) is 19.8 Å². The molecule has 0 N–H and O–H groups in total. The van der Waals surface area contributed by atoms with Crippen LogP contribution < -0.4 is 9.47 Å². The third-order valence-electron chi connectivity index (χ3n) is 4.40. The molecule has 152 valence electrons. The van der Waals surface area contributed by atoms with Crippen LogP contribution in [-0.2, 0) is 11.2 Å². The summed E-state index contributed by atoms with van der Waals surface area (Å²) in [6.07, 6.45) is 3.19. The van der Waals surface area contributed by atoms with E-state index in [1.165, 1.54) is 17.6 Å². The third-order valence-corrected chi connectivity index (χ3v) is 5.59. The first-order valence-electron chi connectivity index (χ1n) is 9.33. The number of aryl methyl sites for hydroxylation is 1. The monoisotopic (exact) mass is 431 g/mol. The quantitative estimate of drug-likeness (QED) is 0.522. The lowest BCUT2D eigenvalue weighted by atomic mass is 10.1. The highest BCUT2D eigenvalue weighted by Gasteiger charge is 2.34. The van der Waals surface area contributed by atoms with E-state index in [0.29, 0.717) is 40.1 Å². The molecule has 0 radical (unpaired) electrons. The lowest BCUT2D eigenvalue weighted by Gasteiger charge is -2.13. The van der Waals surface area contributed by atoms with Crippen LogP contribution in [0.3, 0.4) is 0 Å². The van der Waals surface area contributed by atoms with Crippen molar-refractivity contribution < 1.29 is 19.1 Å². The van der Waals surface area contributed by atoms with Gasteiger partial charge in [-0.2, -0.15) is 0 Å². The molecule has 3 rings (SSSR count). The zero-order valence-electron chi connectivity index (χ0n) is 16.3. The molecule has 0 spiro atoms. The van der Waals surface area contributed by atoms with Gasteiger partial charge < -0.3 is 9.47 Å². The number of imide groups is 1. The van der Waals surface area contributed by atoms with Gasteiger partial charge in [0.05, 0.1) is 23.6 Å². The van der Waals surface area contributed by atoms with E-state index in [4.69, 9.17) is 21.1 Å². The number of ether oxygens (including phenoxy) is 2. The molecule has 2 amide bonds. The molecule has 1 aliphatic rings. The highest BCUT2D eigenvalue weighted by atomic mass is 35.5. The van der Waals surface area contributed by atoms with Crippen molar-refractivity contribution in [1.82, 2.24) is 4.90 Å². The van der Waals surface area contributed by atoms with Gasteiger partial charge in [0.25, 0.3) is 11.1 Å². The number of thioether (sulfide) groups is 1. The Morgan fingerprint density at radius 2 is 1.93 bits per heavy atom. The maximum absolute atomic E-state index is 12.7. The molecule has 1 heterocycles. The van der Waals surface area contributed by atoms with Gasteiger partial charge in [-0.05, 0) is 60.9 Å². The van der Waals surface area contributed by atoms with Crippen molar-refractivity contribution >= 4 is 40.6 Å². The Morgan fingerprint density at radius 3 is 2.62 bits per heavy atom. The Bertz CT molecular complexity index is 930. The summed E-state index contributed by atoms with van der Waals surface area (Å²) in [6, 6.07) is 13.4. The van der Waals surface area contributed by atoms with Crippen LogP contribution in [0.25, 0.3) is 6.08 Å². The van der Waals surface area contributed by atoms with E-state index >= 15 is 0 Å². The zero-order chi connectivity index (χ0) is 20.8. The Morgan fingerprint density at radius 1 is 1.17 bits per heavy atom. The summed E-state index contributed by atoms with van der Waals surface area (Å²) < 4.78 is 10.8. The third kappa shape index (κ3) is 5.14. The average molecular weight is 432 g/mol. The molecule has 2 aromatic rings. The smallest absolute Gasteiger partial charge is 0.293 e. The molecule has 0 bridgehead atoms. The Labute approximate surface area is 179 Å². The van der Waals surface area contributed by atoms with Crippen molar-refractivity contribution in [3.63, 3.8) is 0 Å². The molecule has 0 aromatic heterocycles. The highest BCUT2D eigenvalue weighted by Crippen LogP contribution is 2.39. The highest BCUT2D eigenvalue weighted by molar-refractivity contribution is 8.18. The lowest BCUT2D eigenvalue weighted by Crippen LogP contribution is -2.29. The summed E-state index contributed by atoms with van der Waals surface area (Å²) >= 11 is 7.23. The van der Waals surface area contributed by atoms with Crippen molar-refractivity contribution in [2.24, 2.45) is 0 Å². The first-order chi connectivity index (χ1) is 14.0. The van der Waals surface area contributed by atoms with Gasteiger partial charge in [0, 0.05) is 6.54 Å². The standard InChI is InChI=1S/C22H22ClNO4S/c1-3-28-20-17(23)12-16(13-18(20)27-2)14-19-21(25)24(22(26)29-19)11-7-10-15-8-5-4-6-9-15/h4-6,8-9,12-14H,3,7,10-11H2,1-2H3/b19-14+. The largest absolute Gasteiger partial charge is 0.493 e. The van der Waals surface area contributed by atoms with Crippen LogP contribution >= 0.6 is 23.4 Å². The van der Waals surface area contributed by atoms with Crippen molar-refractivity contribution in [2.75, 3.05) is 20.3 Å². The number of methoxy groups -OCH3 is 1. The molecule has 0 aliphatic carbocycles. The Balaban J connectivity index is 1.71. The summed E-state index contributed by atoms with van der Waals surface area (Å²) in [6.45, 7) is 2.71. The molecule has 2 aromatic carbocycles. The van der Waals surface area contributed by atoms with Crippen molar-refractivity contribution in [3.05, 3.63) is 63.5 Å². The minimum Gasteiger partial charge on any atom is -0.493 e. The number of benzene rings is 2. The van der Waals surface area contributed by atoms with Crippen LogP contribution in [-0.4, -0.2) is 36.3 Å². The molecule has 1 saturated heterocycles. The van der Waals surface area contributed by atoms with Gasteiger partial charge >= 0.3 is 0 Å². The first kappa shape index (κ1) is 21.3. The number of carbonyl (C=O) groups excluding carboxylic acids is 2. The molecule has 0 atom stereocenters. The fraction of sp³-hybridized carbons (Fsp3) is 0.273. The Kier molecular flexibility index (Phi) is 7.23. The minimum atomic E-state index is -0.281. The van der Waals surface area contributed by atoms with E-state index in [1.807, 2.05) is 37.3 Å². The van der Waals surface area contributed by atoms with Gasteiger partial charge in [-0.1, -0.05) is 41.9 Å². The van der Waals surface area contributed by atoms with Crippen LogP contribution in [0.15, 0.2) is 47.4 Å². The minimum absolute atomic E-state index is 0.252. The first-order valence-corrected chi connectivity index (χ1v) is 10.5. The Hall–Kier alpha value is -2.44. The molecule has 1 fully saturated rings. The summed E-state index contributed by atoms with van der Waals surface area (Å²) in [5.41, 5.74) is 1.86. The molecule has 29 heavy (non-hydrogen) atoms. The fourth-order valence-corrected chi connectivity index (χ4v) is 4.18. The predicted octanol–water partition coefficient (Wildman–Crippen LogP) is 5.42. The number of carbonyl (C=O) groups is 2. The number of nitrogens with zero attached hydrogens (tertiary/aromatic N) is 1. The summed E-state index contributed by atoms with van der Waals surface area (Å²) in [5, 5.41) is 0.137. The molecule has 1 aliphatic heterocycles. The van der Waals surface area contributed by atoms with Crippen molar-refractivity contribution in [3.8, 4) is 11.5 Å². The molecule has 5 nitrogen and oxygen atoms in total. The molecular weight excluding hydrogens is 410 g/mol. The number of hydrogen-bond donors (Lipinski definition) is 0. The van der Waals surface area contributed by atoms with Gasteiger partial charge in [0.1, 0.15) is 0 Å². The fourth-order valence-electron chi connectivity index (χ4n) is 3.04. The maximum atomic E-state index is 12.7. The normalized spacial score (nSPS) is 15.3. The van der Waals surface area contributed by atoms with Gasteiger partial charge in [0.15, 0.2) is 11.5 Å². The van der Waals surface area contributed by atoms with E-state index < -0.39 is 0 Å². The number of rotatable bonds is 8. The number of halogens is 1. The average Bonchev–Trinajstić information content (AvgIpc) is 2.98. The van der Waals surface area contributed by atoms with Gasteiger partial charge in [0.2, 0.25) is 0 Å². The molecule has 0 unspecified atom stereocenters. The zero-order valence-corrected chi connectivity index (χ0v) is 17.9. The van der Waals surface area contributed by atoms with Crippen LogP contribution in [0, 0.1) is 0 Å². The second-order valence-corrected chi connectivity index (χ2v) is 7.79. The van der Waals surface area contributed by atoms with E-state index in [9.17, 15) is 9.59 Å². The van der Waals surface area contributed by atoms with E-state index in [1.54, 1.807) is 18.2 Å². The van der Waals surface area contributed by atoms with E-state index in [2.05, 4.69) is 0 Å². The number of hydrogen-bond acceptors (Lipinski definition) is 5. The lowest BCUT2D eigenvalue weighted by molar-refractivity contribution is -0.122. The van der Waals surface area contributed by atoms with E-state index in [0.717, 1.165) is 24.6 Å². The SMILES string of the molecule is CCOc1c(Cl)cc(/C=C2/SC(=O)N(CCCc3ccccc3)C2=O)cc1OC. The van der Waals surface area contributed by atoms with Crippen LogP contribution in [0.5, 0.6) is 11.5 Å². The van der Waals surface area contributed by atoms with E-state index in [-0.39, 0.29) is 11.1 Å². The molecule has 7 heteroatoms.